The molecule has 130 valence electrons. The molecule has 0 aliphatic rings. The van der Waals surface area contributed by atoms with Crippen LogP contribution < -0.4 is 16.0 Å². The highest BCUT2D eigenvalue weighted by Crippen LogP contribution is 2.25. The predicted octanol–water partition coefficient (Wildman–Crippen LogP) is 0.421. The molecule has 0 atom stereocenters. The number of para-hydroxylation sites is 2. The second-order valence-corrected chi connectivity index (χ2v) is 5.39. The molecule has 0 spiro atoms. The molecule has 0 bridgehead atoms. The van der Waals surface area contributed by atoms with Gasteiger partial charge in [-0.1, -0.05) is 12.1 Å². The van der Waals surface area contributed by atoms with Crippen LogP contribution in [0.25, 0.3) is 11.2 Å². The van der Waals surface area contributed by atoms with Gasteiger partial charge in [-0.2, -0.15) is 0 Å². The molecule has 1 aromatic carbocycles. The van der Waals surface area contributed by atoms with Crippen molar-refractivity contribution in [3.63, 3.8) is 0 Å². The van der Waals surface area contributed by atoms with Gasteiger partial charge in [-0.25, -0.2) is 9.78 Å². The topological polar surface area (TPSA) is 114 Å². The third kappa shape index (κ3) is 2.77. The number of nitro groups is 1. The van der Waals surface area contributed by atoms with Gasteiger partial charge in [0, 0.05) is 20.2 Å². The lowest BCUT2D eigenvalue weighted by Gasteiger charge is -2.08. The average molecular weight is 345 g/mol. The summed E-state index contributed by atoms with van der Waals surface area (Å²) in [6, 6.07) is 6.05. The Hall–Kier alpha value is -3.43. The first-order valence-electron chi connectivity index (χ1n) is 7.39. The van der Waals surface area contributed by atoms with Gasteiger partial charge in [0.25, 0.3) is 5.56 Å². The molecule has 0 unspecified atom stereocenters. The second-order valence-electron chi connectivity index (χ2n) is 5.39. The number of aryl methyl sites for hydroxylation is 1. The summed E-state index contributed by atoms with van der Waals surface area (Å²) in [5.41, 5.74) is -0.494. The normalized spacial score (nSPS) is 11.0. The number of aromatic nitrogens is 4. The van der Waals surface area contributed by atoms with Crippen LogP contribution in [0.4, 0.5) is 5.69 Å². The molecule has 10 heteroatoms. The van der Waals surface area contributed by atoms with Gasteiger partial charge in [0.15, 0.2) is 16.9 Å². The number of imidazole rings is 1. The molecule has 25 heavy (non-hydrogen) atoms. The van der Waals surface area contributed by atoms with Crippen molar-refractivity contribution in [1.29, 1.82) is 0 Å². The number of nitrogens with zero attached hydrogens (tertiary/aromatic N) is 5. The van der Waals surface area contributed by atoms with Crippen LogP contribution in [0.5, 0.6) is 5.75 Å². The van der Waals surface area contributed by atoms with Crippen molar-refractivity contribution in [1.82, 2.24) is 18.7 Å². The number of fused-ring (bicyclic) bond motifs is 1. The van der Waals surface area contributed by atoms with Crippen LogP contribution in [0.3, 0.4) is 0 Å². The molecule has 2 heterocycles. The molecule has 0 aliphatic carbocycles. The molecule has 0 saturated heterocycles. The highest BCUT2D eigenvalue weighted by Gasteiger charge is 2.16. The zero-order valence-corrected chi connectivity index (χ0v) is 13.6. The van der Waals surface area contributed by atoms with E-state index in [-0.39, 0.29) is 35.8 Å². The van der Waals surface area contributed by atoms with E-state index in [0.29, 0.717) is 0 Å². The van der Waals surface area contributed by atoms with Crippen molar-refractivity contribution in [3.8, 4) is 5.75 Å². The summed E-state index contributed by atoms with van der Waals surface area (Å²) in [5.74, 6) is 0.150. The van der Waals surface area contributed by atoms with Crippen LogP contribution >= 0.6 is 0 Å². The van der Waals surface area contributed by atoms with Crippen molar-refractivity contribution in [2.45, 2.75) is 6.54 Å². The number of nitro benzene ring substituents is 1. The fourth-order valence-corrected chi connectivity index (χ4v) is 2.55. The molecule has 0 fully saturated rings. The van der Waals surface area contributed by atoms with Gasteiger partial charge in [0.05, 0.1) is 17.8 Å². The van der Waals surface area contributed by atoms with Gasteiger partial charge < -0.3 is 9.30 Å². The fourth-order valence-electron chi connectivity index (χ4n) is 2.55. The first kappa shape index (κ1) is 16.4. The predicted molar refractivity (Wildman–Crippen MR) is 88.8 cm³/mol. The van der Waals surface area contributed by atoms with E-state index in [1.807, 2.05) is 0 Å². The number of ether oxygens (including phenoxy) is 1. The largest absolute Gasteiger partial charge is 0.485 e. The number of rotatable bonds is 5. The van der Waals surface area contributed by atoms with Crippen LogP contribution in [0.15, 0.2) is 40.2 Å². The van der Waals surface area contributed by atoms with Gasteiger partial charge >= 0.3 is 11.4 Å². The molecule has 3 rings (SSSR count). The third-order valence-electron chi connectivity index (χ3n) is 3.87. The summed E-state index contributed by atoms with van der Waals surface area (Å²) in [5, 5.41) is 11.0. The van der Waals surface area contributed by atoms with Gasteiger partial charge in [-0.15, -0.1) is 0 Å². The smallest absolute Gasteiger partial charge is 0.332 e. The van der Waals surface area contributed by atoms with Gasteiger partial charge in [0.1, 0.15) is 6.61 Å². The third-order valence-corrected chi connectivity index (χ3v) is 3.87. The van der Waals surface area contributed by atoms with E-state index < -0.39 is 16.2 Å². The molecule has 0 N–H and O–H groups in total. The molecule has 10 nitrogen and oxygen atoms in total. The van der Waals surface area contributed by atoms with E-state index in [9.17, 15) is 19.7 Å². The standard InChI is InChI=1S/C15H15N5O5/c1-17-13-12(14(21)18(2)15(17)22)19(9-16-13)7-8-25-11-6-4-3-5-10(11)20(23)24/h3-6,9H,7-8H2,1-2H3. The summed E-state index contributed by atoms with van der Waals surface area (Å²) in [6.07, 6.45) is 1.44. The van der Waals surface area contributed by atoms with Crippen LogP contribution in [0.1, 0.15) is 0 Å². The van der Waals surface area contributed by atoms with Gasteiger partial charge in [-0.3, -0.25) is 24.0 Å². The highest BCUT2D eigenvalue weighted by molar-refractivity contribution is 5.69. The zero-order chi connectivity index (χ0) is 18.1. The first-order valence-corrected chi connectivity index (χ1v) is 7.39. The van der Waals surface area contributed by atoms with Crippen molar-refractivity contribution >= 4 is 16.9 Å². The summed E-state index contributed by atoms with van der Waals surface area (Å²) in [6.45, 7) is 0.346. The lowest BCUT2D eigenvalue weighted by molar-refractivity contribution is -0.385. The van der Waals surface area contributed by atoms with Crippen LogP contribution in [-0.4, -0.2) is 30.2 Å². The molecular formula is C15H15N5O5. The lowest BCUT2D eigenvalue weighted by atomic mass is 10.3. The summed E-state index contributed by atoms with van der Waals surface area (Å²) >= 11 is 0. The van der Waals surface area contributed by atoms with Crippen LogP contribution in [-0.2, 0) is 20.6 Å². The summed E-state index contributed by atoms with van der Waals surface area (Å²) in [4.78, 5) is 38.8. The van der Waals surface area contributed by atoms with Crippen molar-refractivity contribution in [2.75, 3.05) is 6.61 Å². The Morgan fingerprint density at radius 3 is 2.64 bits per heavy atom. The minimum atomic E-state index is -0.520. The summed E-state index contributed by atoms with van der Waals surface area (Å²) < 4.78 is 9.33. The van der Waals surface area contributed by atoms with E-state index in [2.05, 4.69) is 4.98 Å². The maximum absolute atomic E-state index is 12.3. The Morgan fingerprint density at radius 1 is 1.20 bits per heavy atom. The Kier molecular flexibility index (Phi) is 4.09. The maximum atomic E-state index is 12.3. The van der Waals surface area contributed by atoms with Gasteiger partial charge in [0.2, 0.25) is 0 Å². The Labute approximate surface area is 140 Å². The molecule has 0 amide bonds. The van der Waals surface area contributed by atoms with E-state index in [1.54, 1.807) is 16.7 Å². The quantitative estimate of drug-likeness (QED) is 0.489. The van der Waals surface area contributed by atoms with E-state index in [1.165, 1.54) is 37.1 Å². The number of benzene rings is 1. The summed E-state index contributed by atoms with van der Waals surface area (Å²) in [7, 11) is 2.93. The van der Waals surface area contributed by atoms with Crippen molar-refractivity contribution in [3.05, 3.63) is 61.5 Å². The Balaban J connectivity index is 1.87. The first-order chi connectivity index (χ1) is 11.9. The van der Waals surface area contributed by atoms with Crippen molar-refractivity contribution < 1.29 is 9.66 Å². The maximum Gasteiger partial charge on any atom is 0.332 e. The molecule has 0 radical (unpaired) electrons. The van der Waals surface area contributed by atoms with E-state index in [4.69, 9.17) is 4.74 Å². The van der Waals surface area contributed by atoms with Crippen LogP contribution in [0, 0.1) is 10.1 Å². The zero-order valence-electron chi connectivity index (χ0n) is 13.6. The fraction of sp³-hybridized carbons (Fsp3) is 0.267. The average Bonchev–Trinajstić information content (AvgIpc) is 3.02. The van der Waals surface area contributed by atoms with E-state index in [0.717, 1.165) is 4.57 Å². The van der Waals surface area contributed by atoms with Crippen LogP contribution in [0.2, 0.25) is 0 Å². The molecule has 2 aromatic heterocycles. The Morgan fingerprint density at radius 2 is 1.92 bits per heavy atom. The van der Waals surface area contributed by atoms with E-state index >= 15 is 0 Å². The molecule has 0 saturated carbocycles. The Bertz CT molecular complexity index is 1080. The number of hydrogen-bond acceptors (Lipinski definition) is 6. The van der Waals surface area contributed by atoms with Gasteiger partial charge in [-0.05, 0) is 6.07 Å². The minimum Gasteiger partial charge on any atom is -0.485 e. The highest BCUT2D eigenvalue weighted by atomic mass is 16.6. The monoisotopic (exact) mass is 345 g/mol. The molecular weight excluding hydrogens is 330 g/mol. The lowest BCUT2D eigenvalue weighted by Crippen LogP contribution is -2.37. The molecule has 3 aromatic rings. The minimum absolute atomic E-state index is 0.0995. The van der Waals surface area contributed by atoms with Crippen molar-refractivity contribution in [2.24, 2.45) is 14.1 Å². The SMILES string of the molecule is Cn1c(=O)c2c(ncn2CCOc2ccccc2[N+](=O)[O-])n(C)c1=O. The number of hydrogen-bond donors (Lipinski definition) is 0. The molecule has 0 aliphatic heterocycles. The second kappa shape index (κ2) is 6.23.